The molecular weight excluding hydrogens is 322 g/mol. The van der Waals surface area contributed by atoms with Crippen LogP contribution in [-0.4, -0.2) is 30.5 Å². The average Bonchev–Trinajstić information content (AvgIpc) is 3.41. The SMILES string of the molecule is [2H][C@H]1[C@H](C(=O)OC)N1C(c1ccccc1)(c1ccccc1)c1ccccc1. The number of benzene rings is 3. The minimum Gasteiger partial charge on any atom is -0.468 e. The summed E-state index contributed by atoms with van der Waals surface area (Å²) in [5.41, 5.74) is 2.32. The average molecular weight is 344 g/mol. The van der Waals surface area contributed by atoms with Crippen molar-refractivity contribution < 1.29 is 10.9 Å². The van der Waals surface area contributed by atoms with E-state index in [-0.39, 0.29) is 5.97 Å². The summed E-state index contributed by atoms with van der Waals surface area (Å²) in [7, 11) is 1.38. The molecule has 26 heavy (non-hydrogen) atoms. The van der Waals surface area contributed by atoms with Gasteiger partial charge < -0.3 is 4.74 Å². The van der Waals surface area contributed by atoms with Crippen molar-refractivity contribution in [3.8, 4) is 0 Å². The molecule has 0 amide bonds. The van der Waals surface area contributed by atoms with Crippen molar-refractivity contribution in [2.75, 3.05) is 13.6 Å². The first-order chi connectivity index (χ1) is 13.2. The second kappa shape index (κ2) is 6.77. The molecule has 1 aliphatic heterocycles. The van der Waals surface area contributed by atoms with E-state index in [1.54, 1.807) is 0 Å². The predicted molar refractivity (Wildman–Crippen MR) is 102 cm³/mol. The number of hydrogen-bond acceptors (Lipinski definition) is 3. The van der Waals surface area contributed by atoms with Gasteiger partial charge in [0.25, 0.3) is 0 Å². The van der Waals surface area contributed by atoms with Crippen molar-refractivity contribution in [3.05, 3.63) is 108 Å². The van der Waals surface area contributed by atoms with Crippen molar-refractivity contribution in [1.29, 1.82) is 0 Å². The molecule has 1 saturated heterocycles. The van der Waals surface area contributed by atoms with Crippen LogP contribution >= 0.6 is 0 Å². The van der Waals surface area contributed by atoms with Crippen LogP contribution in [0.25, 0.3) is 0 Å². The molecule has 3 atom stereocenters. The molecule has 4 rings (SSSR count). The fraction of sp³-hybridized carbons (Fsp3) is 0.174. The third-order valence-corrected chi connectivity index (χ3v) is 4.92. The van der Waals surface area contributed by atoms with Crippen LogP contribution in [0.1, 0.15) is 18.1 Å². The lowest BCUT2D eigenvalue weighted by Gasteiger charge is -2.38. The van der Waals surface area contributed by atoms with Crippen LogP contribution < -0.4 is 0 Å². The zero-order valence-corrected chi connectivity index (χ0v) is 14.6. The van der Waals surface area contributed by atoms with E-state index in [0.29, 0.717) is 0 Å². The van der Waals surface area contributed by atoms with Crippen molar-refractivity contribution >= 4 is 5.97 Å². The van der Waals surface area contributed by atoms with E-state index >= 15 is 0 Å². The van der Waals surface area contributed by atoms with Gasteiger partial charge in [-0.25, -0.2) is 0 Å². The Labute approximate surface area is 155 Å². The summed E-state index contributed by atoms with van der Waals surface area (Å²) in [5, 5.41) is 0. The largest absolute Gasteiger partial charge is 0.468 e. The molecule has 3 nitrogen and oxygen atoms in total. The molecule has 3 aromatic rings. The fourth-order valence-electron chi connectivity index (χ4n) is 3.71. The summed E-state index contributed by atoms with van der Waals surface area (Å²) in [6.45, 7) is -0.668. The molecule has 0 bridgehead atoms. The van der Waals surface area contributed by atoms with Crippen LogP contribution in [0.2, 0.25) is 0 Å². The normalized spacial score (nSPS) is 22.3. The maximum absolute atomic E-state index is 12.4. The van der Waals surface area contributed by atoms with Crippen molar-refractivity contribution in [2.24, 2.45) is 0 Å². The molecule has 0 radical (unpaired) electrons. The smallest absolute Gasteiger partial charge is 0.324 e. The van der Waals surface area contributed by atoms with Crippen molar-refractivity contribution in [3.63, 3.8) is 0 Å². The van der Waals surface area contributed by atoms with Crippen LogP contribution in [0, 0.1) is 0 Å². The van der Waals surface area contributed by atoms with Crippen LogP contribution in [0.4, 0.5) is 0 Å². The topological polar surface area (TPSA) is 29.3 Å². The minimum absolute atomic E-state index is 0.373. The maximum Gasteiger partial charge on any atom is 0.324 e. The number of carbonyl (C=O) groups excluding carboxylic acids is 1. The summed E-state index contributed by atoms with van der Waals surface area (Å²) in [6, 6.07) is 29.6. The highest BCUT2D eigenvalue weighted by molar-refractivity contribution is 5.80. The molecular formula is C23H21NO2. The van der Waals surface area contributed by atoms with Gasteiger partial charge in [0.15, 0.2) is 0 Å². The number of hydrogen-bond donors (Lipinski definition) is 0. The van der Waals surface area contributed by atoms with E-state index in [0.717, 1.165) is 16.7 Å². The van der Waals surface area contributed by atoms with Crippen LogP contribution in [0.15, 0.2) is 91.0 Å². The summed E-state index contributed by atoms with van der Waals surface area (Å²) in [4.78, 5) is 14.3. The Hall–Kier alpha value is -2.91. The molecule has 0 saturated carbocycles. The molecule has 1 heterocycles. The van der Waals surface area contributed by atoms with E-state index < -0.39 is 18.1 Å². The van der Waals surface area contributed by atoms with Gasteiger partial charge in [-0.05, 0) is 16.7 Å². The van der Waals surface area contributed by atoms with E-state index in [2.05, 4.69) is 36.4 Å². The zero-order chi connectivity index (χ0) is 18.9. The van der Waals surface area contributed by atoms with E-state index in [4.69, 9.17) is 6.11 Å². The Morgan fingerprint density at radius 1 is 0.885 bits per heavy atom. The Bertz CT molecular complexity index is 818. The number of ether oxygens (including phenoxy) is 1. The molecule has 1 fully saturated rings. The summed E-state index contributed by atoms with van der Waals surface area (Å²) in [6.07, 6.45) is 0. The third kappa shape index (κ3) is 2.61. The van der Waals surface area contributed by atoms with Gasteiger partial charge in [-0.3, -0.25) is 9.69 Å². The molecule has 0 spiro atoms. The molecule has 130 valence electrons. The van der Waals surface area contributed by atoms with Gasteiger partial charge in [-0.1, -0.05) is 91.0 Å². The molecule has 0 aromatic heterocycles. The van der Waals surface area contributed by atoms with Crippen LogP contribution in [0.5, 0.6) is 0 Å². The first kappa shape index (κ1) is 15.4. The van der Waals surface area contributed by atoms with Gasteiger partial charge in [0.05, 0.1) is 12.6 Å². The first-order valence-corrected chi connectivity index (χ1v) is 8.66. The fourth-order valence-corrected chi connectivity index (χ4v) is 3.71. The number of rotatable bonds is 5. The molecule has 3 heteroatoms. The number of nitrogens with zero attached hydrogens (tertiary/aromatic N) is 1. The Kier molecular flexibility index (Phi) is 4.00. The van der Waals surface area contributed by atoms with Gasteiger partial charge in [-0.2, -0.15) is 0 Å². The maximum atomic E-state index is 12.4. The highest BCUT2D eigenvalue weighted by atomic mass is 16.5. The second-order valence-corrected chi connectivity index (χ2v) is 6.33. The standard InChI is InChI=1S/C23H21NO2/c1-26-22(25)21-17-24(21)23(18-11-5-2-6-12-18,19-13-7-3-8-14-19)20-15-9-4-10-16-20/h2-16,21H,17H2,1H3/t21-,24?/m1/s1/i17D/t17-,21+,24?/m0. The second-order valence-electron chi connectivity index (χ2n) is 6.33. The summed E-state index contributed by atoms with van der Waals surface area (Å²) in [5.74, 6) is -0.373. The highest BCUT2D eigenvalue weighted by Gasteiger charge is 2.56. The van der Waals surface area contributed by atoms with E-state index in [9.17, 15) is 4.79 Å². The zero-order valence-electron chi connectivity index (χ0n) is 15.6. The minimum atomic E-state index is -0.741. The molecule has 3 aromatic carbocycles. The Morgan fingerprint density at radius 2 is 1.27 bits per heavy atom. The van der Waals surface area contributed by atoms with E-state index in [1.165, 1.54) is 7.11 Å². The first-order valence-electron chi connectivity index (χ1n) is 9.24. The third-order valence-electron chi connectivity index (χ3n) is 4.92. The number of esters is 1. The van der Waals surface area contributed by atoms with Gasteiger partial charge in [0.2, 0.25) is 0 Å². The van der Waals surface area contributed by atoms with Crippen LogP contribution in [0.3, 0.4) is 0 Å². The monoisotopic (exact) mass is 344 g/mol. The van der Waals surface area contributed by atoms with E-state index in [1.807, 2.05) is 59.5 Å². The van der Waals surface area contributed by atoms with Gasteiger partial charge in [0, 0.05) is 7.89 Å². The summed E-state index contributed by atoms with van der Waals surface area (Å²) >= 11 is 0. The summed E-state index contributed by atoms with van der Waals surface area (Å²) < 4.78 is 13.5. The van der Waals surface area contributed by atoms with Gasteiger partial charge in [0.1, 0.15) is 6.04 Å². The quantitative estimate of drug-likeness (QED) is 0.400. The number of methoxy groups -OCH3 is 1. The molecule has 0 N–H and O–H groups in total. The van der Waals surface area contributed by atoms with Crippen molar-refractivity contribution in [1.82, 2.24) is 4.90 Å². The molecule has 0 aliphatic carbocycles. The highest BCUT2D eigenvalue weighted by Crippen LogP contribution is 2.48. The van der Waals surface area contributed by atoms with Gasteiger partial charge in [-0.15, -0.1) is 0 Å². The van der Waals surface area contributed by atoms with Crippen LogP contribution in [-0.2, 0) is 15.1 Å². The molecule has 1 unspecified atom stereocenters. The molecule has 1 aliphatic rings. The van der Waals surface area contributed by atoms with Crippen molar-refractivity contribution in [2.45, 2.75) is 11.6 Å². The lowest BCUT2D eigenvalue weighted by atomic mass is 9.76. The Morgan fingerprint density at radius 3 is 1.62 bits per heavy atom. The Balaban J connectivity index is 2.01. The lowest BCUT2D eigenvalue weighted by Crippen LogP contribution is -2.40. The van der Waals surface area contributed by atoms with Gasteiger partial charge >= 0.3 is 5.97 Å². The lowest BCUT2D eigenvalue weighted by molar-refractivity contribution is -0.141. The number of carbonyl (C=O) groups is 1. The predicted octanol–water partition coefficient (Wildman–Crippen LogP) is 3.84.